The molecule has 0 aromatic carbocycles. The molecule has 5 nitrogen and oxygen atoms in total. The average molecular weight is 357 g/mol. The van der Waals surface area contributed by atoms with Gasteiger partial charge in [0.15, 0.2) is 0 Å². The maximum Gasteiger partial charge on any atom is 0.267 e. The van der Waals surface area contributed by atoms with Gasteiger partial charge >= 0.3 is 0 Å². The maximum absolute atomic E-state index is 12.0. The number of methoxy groups -OCH3 is 1. The molecule has 2 aromatic rings. The summed E-state index contributed by atoms with van der Waals surface area (Å²) in [4.78, 5) is 20.3. The summed E-state index contributed by atoms with van der Waals surface area (Å²) < 4.78 is 7.39. The van der Waals surface area contributed by atoms with Crippen molar-refractivity contribution in [3.63, 3.8) is 0 Å². The van der Waals surface area contributed by atoms with E-state index in [0.29, 0.717) is 21.8 Å². The van der Waals surface area contributed by atoms with Crippen molar-refractivity contribution in [3.8, 4) is 5.88 Å². The van der Waals surface area contributed by atoms with E-state index in [0.717, 1.165) is 5.56 Å². The topological polar surface area (TPSA) is 57.0 Å². The van der Waals surface area contributed by atoms with Crippen LogP contribution in [0.5, 0.6) is 5.88 Å². The van der Waals surface area contributed by atoms with Crippen LogP contribution in [-0.2, 0) is 6.54 Å². The molecule has 0 atom stereocenters. The van der Waals surface area contributed by atoms with Crippen LogP contribution in [-0.4, -0.2) is 21.6 Å². The lowest BCUT2D eigenvalue weighted by molar-refractivity contribution is 0.390. The maximum atomic E-state index is 12.0. The second-order valence-corrected chi connectivity index (χ2v) is 4.88. The fourth-order valence-corrected chi connectivity index (χ4v) is 2.07. The number of aryl methyl sites for hydroxylation is 1. The predicted molar refractivity (Wildman–Crippen MR) is 75.8 cm³/mol. The Morgan fingerprint density at radius 1 is 1.44 bits per heavy atom. The molecule has 0 unspecified atom stereocenters. The third kappa shape index (κ3) is 2.53. The monoisotopic (exact) mass is 357 g/mol. The Balaban J connectivity index is 2.46. The van der Waals surface area contributed by atoms with Crippen LogP contribution in [0.1, 0.15) is 11.4 Å². The average Bonchev–Trinajstić information content (AvgIpc) is 2.39. The number of pyridine rings is 1. The van der Waals surface area contributed by atoms with Crippen LogP contribution in [0.4, 0.5) is 0 Å². The van der Waals surface area contributed by atoms with Crippen LogP contribution < -0.4 is 10.3 Å². The molecule has 0 spiro atoms. The van der Waals surface area contributed by atoms with E-state index in [2.05, 4.69) is 9.97 Å². The summed E-state index contributed by atoms with van der Waals surface area (Å²) in [6, 6.07) is 3.71. The molecule has 2 heterocycles. The minimum absolute atomic E-state index is 0.0472. The van der Waals surface area contributed by atoms with Crippen molar-refractivity contribution >= 4 is 22.6 Å². The van der Waals surface area contributed by atoms with Gasteiger partial charge in [0.25, 0.3) is 5.56 Å². The standard InChI is InChI=1S/C12H12IN3O2/c1-8-15-6-10(13)12(17)16(8)7-9-4-3-5-14-11(9)18-2/h3-6H,7H2,1-2H3. The molecule has 0 aliphatic rings. The predicted octanol–water partition coefficient (Wildman–Crippen LogP) is 1.61. The normalized spacial score (nSPS) is 10.4. The van der Waals surface area contributed by atoms with Gasteiger partial charge in [0, 0.05) is 18.0 Å². The van der Waals surface area contributed by atoms with E-state index in [1.54, 1.807) is 31.0 Å². The zero-order valence-electron chi connectivity index (χ0n) is 10.1. The van der Waals surface area contributed by atoms with E-state index in [4.69, 9.17) is 4.74 Å². The molecule has 0 saturated carbocycles. The Labute approximate surface area is 118 Å². The van der Waals surface area contributed by atoms with Crippen molar-refractivity contribution in [1.82, 2.24) is 14.5 Å². The lowest BCUT2D eigenvalue weighted by Gasteiger charge is -2.11. The summed E-state index contributed by atoms with van der Waals surface area (Å²) in [5.41, 5.74) is 0.808. The van der Waals surface area contributed by atoms with Gasteiger partial charge in [-0.05, 0) is 35.6 Å². The Kier molecular flexibility index (Phi) is 3.95. The van der Waals surface area contributed by atoms with Gasteiger partial charge in [-0.3, -0.25) is 9.36 Å². The van der Waals surface area contributed by atoms with Crippen LogP contribution in [0.15, 0.2) is 29.3 Å². The Morgan fingerprint density at radius 2 is 2.22 bits per heavy atom. The summed E-state index contributed by atoms with van der Waals surface area (Å²) >= 11 is 1.98. The zero-order chi connectivity index (χ0) is 13.1. The van der Waals surface area contributed by atoms with Crippen LogP contribution in [0.2, 0.25) is 0 Å². The summed E-state index contributed by atoms with van der Waals surface area (Å²) in [5, 5.41) is 0. The Morgan fingerprint density at radius 3 is 2.94 bits per heavy atom. The van der Waals surface area contributed by atoms with E-state index < -0.39 is 0 Å². The summed E-state index contributed by atoms with van der Waals surface area (Å²) in [7, 11) is 1.56. The lowest BCUT2D eigenvalue weighted by Crippen LogP contribution is -2.26. The SMILES string of the molecule is COc1ncccc1Cn1c(C)ncc(I)c1=O. The third-order valence-electron chi connectivity index (χ3n) is 2.58. The van der Waals surface area contributed by atoms with Gasteiger partial charge in [-0.15, -0.1) is 0 Å². The molecule has 2 rings (SSSR count). The number of aromatic nitrogens is 3. The number of ether oxygens (including phenoxy) is 1. The largest absolute Gasteiger partial charge is 0.481 e. The van der Waals surface area contributed by atoms with E-state index in [9.17, 15) is 4.79 Å². The number of halogens is 1. The van der Waals surface area contributed by atoms with Gasteiger partial charge in [0.2, 0.25) is 5.88 Å². The van der Waals surface area contributed by atoms with Gasteiger partial charge in [-0.2, -0.15) is 0 Å². The highest BCUT2D eigenvalue weighted by atomic mass is 127. The highest BCUT2D eigenvalue weighted by Crippen LogP contribution is 2.14. The number of hydrogen-bond acceptors (Lipinski definition) is 4. The van der Waals surface area contributed by atoms with Crippen LogP contribution >= 0.6 is 22.6 Å². The molecular weight excluding hydrogens is 345 g/mol. The number of rotatable bonds is 3. The lowest BCUT2D eigenvalue weighted by atomic mass is 10.2. The van der Waals surface area contributed by atoms with Gasteiger partial charge in [-0.25, -0.2) is 9.97 Å². The number of nitrogens with zero attached hydrogens (tertiary/aromatic N) is 3. The van der Waals surface area contributed by atoms with E-state index in [-0.39, 0.29) is 5.56 Å². The molecule has 0 aliphatic heterocycles. The molecule has 0 fully saturated rings. The fraction of sp³-hybridized carbons (Fsp3) is 0.250. The van der Waals surface area contributed by atoms with Crippen LogP contribution in [0, 0.1) is 10.5 Å². The van der Waals surface area contributed by atoms with Crippen molar-refractivity contribution in [2.45, 2.75) is 13.5 Å². The van der Waals surface area contributed by atoms with E-state index in [1.807, 2.05) is 34.7 Å². The summed E-state index contributed by atoms with van der Waals surface area (Å²) in [6.45, 7) is 2.21. The van der Waals surface area contributed by atoms with Crippen molar-refractivity contribution in [2.75, 3.05) is 7.11 Å². The molecule has 2 aromatic heterocycles. The van der Waals surface area contributed by atoms with Crippen LogP contribution in [0.25, 0.3) is 0 Å². The fourth-order valence-electron chi connectivity index (χ4n) is 1.64. The summed E-state index contributed by atoms with van der Waals surface area (Å²) in [5.74, 6) is 1.20. The second kappa shape index (κ2) is 5.47. The highest BCUT2D eigenvalue weighted by Gasteiger charge is 2.09. The smallest absolute Gasteiger partial charge is 0.267 e. The minimum atomic E-state index is -0.0472. The molecule has 0 radical (unpaired) electrons. The quantitative estimate of drug-likeness (QED) is 0.784. The Bertz CT molecular complexity index is 625. The molecule has 18 heavy (non-hydrogen) atoms. The van der Waals surface area contributed by atoms with Gasteiger partial charge < -0.3 is 4.74 Å². The van der Waals surface area contributed by atoms with Crippen molar-refractivity contribution in [3.05, 3.63) is 49.8 Å². The zero-order valence-corrected chi connectivity index (χ0v) is 12.2. The molecule has 94 valence electrons. The molecule has 6 heteroatoms. The molecule has 0 saturated heterocycles. The first-order valence-corrected chi connectivity index (χ1v) is 6.41. The first-order chi connectivity index (χ1) is 8.63. The van der Waals surface area contributed by atoms with Crippen LogP contribution in [0.3, 0.4) is 0 Å². The van der Waals surface area contributed by atoms with Gasteiger partial charge in [0.1, 0.15) is 5.82 Å². The molecule has 0 bridgehead atoms. The van der Waals surface area contributed by atoms with Gasteiger partial charge in [-0.1, -0.05) is 6.07 Å². The summed E-state index contributed by atoms with van der Waals surface area (Å²) in [6.07, 6.45) is 3.24. The second-order valence-electron chi connectivity index (χ2n) is 3.72. The van der Waals surface area contributed by atoms with E-state index >= 15 is 0 Å². The minimum Gasteiger partial charge on any atom is -0.481 e. The number of hydrogen-bond donors (Lipinski definition) is 0. The highest BCUT2D eigenvalue weighted by molar-refractivity contribution is 14.1. The first kappa shape index (κ1) is 13.0. The molecular formula is C12H12IN3O2. The van der Waals surface area contributed by atoms with Crippen molar-refractivity contribution in [1.29, 1.82) is 0 Å². The van der Waals surface area contributed by atoms with E-state index in [1.165, 1.54) is 0 Å². The van der Waals surface area contributed by atoms with Crippen molar-refractivity contribution in [2.24, 2.45) is 0 Å². The molecule has 0 aliphatic carbocycles. The molecule has 0 amide bonds. The first-order valence-electron chi connectivity index (χ1n) is 5.33. The Hall–Kier alpha value is -1.44. The third-order valence-corrected chi connectivity index (χ3v) is 3.32. The van der Waals surface area contributed by atoms with Gasteiger partial charge in [0.05, 0.1) is 17.2 Å². The molecule has 0 N–H and O–H groups in total. The van der Waals surface area contributed by atoms with Crippen molar-refractivity contribution < 1.29 is 4.74 Å².